The van der Waals surface area contributed by atoms with Gasteiger partial charge in [-0.15, -0.1) is 0 Å². The lowest BCUT2D eigenvalue weighted by Gasteiger charge is -2.19. The van der Waals surface area contributed by atoms with Gasteiger partial charge in [0.1, 0.15) is 10.7 Å². The number of nitrogens with zero attached hydrogens (tertiary/aromatic N) is 2. The van der Waals surface area contributed by atoms with E-state index in [1.807, 2.05) is 0 Å². The first-order chi connectivity index (χ1) is 11.2. The summed E-state index contributed by atoms with van der Waals surface area (Å²) in [5.74, 6) is 1.38. The number of benzene rings is 1. The van der Waals surface area contributed by atoms with Crippen LogP contribution in [0.1, 0.15) is 17.0 Å². The average Bonchev–Trinajstić information content (AvgIpc) is 2.86. The first kappa shape index (κ1) is 18.8. The van der Waals surface area contributed by atoms with Crippen molar-refractivity contribution in [2.45, 2.75) is 25.3 Å². The van der Waals surface area contributed by atoms with Gasteiger partial charge in [-0.3, -0.25) is 0 Å². The summed E-state index contributed by atoms with van der Waals surface area (Å²) in [6.45, 7) is 3.69. The van der Waals surface area contributed by atoms with Gasteiger partial charge in [0.05, 0.1) is 19.9 Å². The fourth-order valence-electron chi connectivity index (χ4n) is 2.24. The highest BCUT2D eigenvalue weighted by atomic mass is 79.9. The summed E-state index contributed by atoms with van der Waals surface area (Å²) in [7, 11) is 0.691. The summed E-state index contributed by atoms with van der Waals surface area (Å²) >= 11 is 3.29. The number of halogens is 1. The second kappa shape index (κ2) is 7.12. The quantitative estimate of drug-likeness (QED) is 0.716. The summed E-state index contributed by atoms with van der Waals surface area (Å²) in [5, 5.41) is 3.85. The van der Waals surface area contributed by atoms with Crippen molar-refractivity contribution in [1.82, 2.24) is 9.46 Å². The van der Waals surface area contributed by atoms with Crippen LogP contribution < -0.4 is 9.47 Å². The molecule has 0 saturated heterocycles. The van der Waals surface area contributed by atoms with Crippen LogP contribution in [0.15, 0.2) is 26.0 Å². The highest BCUT2D eigenvalue weighted by molar-refractivity contribution is 9.10. The molecule has 0 bridgehead atoms. The Morgan fingerprint density at radius 3 is 2.29 bits per heavy atom. The molecule has 0 fully saturated rings. The number of ether oxygens (including phenoxy) is 2. The fraction of sp³-hybridized carbons (Fsp3) is 0.400. The molecular formula is C15H19BrN2O5S. The van der Waals surface area contributed by atoms with Crippen LogP contribution in [-0.4, -0.2) is 39.1 Å². The van der Waals surface area contributed by atoms with E-state index in [0.29, 0.717) is 27.4 Å². The maximum atomic E-state index is 12.9. The van der Waals surface area contributed by atoms with Crippen LogP contribution in [0.3, 0.4) is 0 Å². The van der Waals surface area contributed by atoms with E-state index in [1.54, 1.807) is 19.9 Å². The number of hydrogen-bond donors (Lipinski definition) is 0. The summed E-state index contributed by atoms with van der Waals surface area (Å²) in [5.41, 5.74) is 1.42. The van der Waals surface area contributed by atoms with Crippen molar-refractivity contribution in [3.8, 4) is 11.5 Å². The lowest BCUT2D eigenvalue weighted by molar-refractivity contribution is 0.353. The molecule has 0 radical (unpaired) electrons. The van der Waals surface area contributed by atoms with Gasteiger partial charge in [0.2, 0.25) is 10.0 Å². The Balaban J connectivity index is 2.43. The molecule has 2 rings (SSSR count). The molecule has 0 atom stereocenters. The third-order valence-electron chi connectivity index (χ3n) is 3.69. The molecule has 0 aliphatic heterocycles. The van der Waals surface area contributed by atoms with Gasteiger partial charge >= 0.3 is 0 Å². The number of methoxy groups -OCH3 is 2. The Hall–Kier alpha value is -1.58. The monoisotopic (exact) mass is 418 g/mol. The molecule has 0 aliphatic carbocycles. The Morgan fingerprint density at radius 2 is 1.79 bits per heavy atom. The van der Waals surface area contributed by atoms with Gasteiger partial charge in [-0.1, -0.05) is 5.16 Å². The van der Waals surface area contributed by atoms with Crippen LogP contribution in [0.5, 0.6) is 11.5 Å². The normalized spacial score (nSPS) is 11.8. The summed E-state index contributed by atoms with van der Waals surface area (Å²) < 4.78 is 42.9. The van der Waals surface area contributed by atoms with Gasteiger partial charge in [0.15, 0.2) is 11.5 Å². The number of rotatable bonds is 6. The molecule has 0 spiro atoms. The zero-order chi connectivity index (χ0) is 18.1. The molecule has 0 unspecified atom stereocenters. The van der Waals surface area contributed by atoms with Crippen LogP contribution in [0.4, 0.5) is 0 Å². The second-order valence-corrected chi connectivity index (χ2v) is 8.07. The molecule has 0 saturated carbocycles. The maximum Gasteiger partial charge on any atom is 0.244 e. The lowest BCUT2D eigenvalue weighted by atomic mass is 10.2. The first-order valence-electron chi connectivity index (χ1n) is 7.02. The van der Waals surface area contributed by atoms with Crippen molar-refractivity contribution in [2.75, 3.05) is 21.3 Å². The molecule has 1 heterocycles. The largest absolute Gasteiger partial charge is 0.493 e. The van der Waals surface area contributed by atoms with Crippen LogP contribution in [-0.2, 0) is 16.6 Å². The predicted molar refractivity (Wildman–Crippen MR) is 91.9 cm³/mol. The molecule has 0 aliphatic rings. The average molecular weight is 419 g/mol. The van der Waals surface area contributed by atoms with Crippen molar-refractivity contribution in [3.63, 3.8) is 0 Å². The van der Waals surface area contributed by atoms with E-state index >= 15 is 0 Å². The molecule has 0 amide bonds. The van der Waals surface area contributed by atoms with Crippen molar-refractivity contribution >= 4 is 26.0 Å². The predicted octanol–water partition coefficient (Wildman–Crippen LogP) is 2.89. The molecule has 9 heteroatoms. The van der Waals surface area contributed by atoms with Crippen molar-refractivity contribution in [2.24, 2.45) is 0 Å². The smallest absolute Gasteiger partial charge is 0.244 e. The minimum absolute atomic E-state index is 0.0920. The Kier molecular flexibility index (Phi) is 5.56. The number of aryl methyl sites for hydroxylation is 2. The molecule has 24 heavy (non-hydrogen) atoms. The molecule has 1 aromatic carbocycles. The van der Waals surface area contributed by atoms with Gasteiger partial charge in [-0.2, -0.15) is 4.31 Å². The number of sulfonamides is 1. The summed E-state index contributed by atoms with van der Waals surface area (Å²) in [4.78, 5) is 0.0920. The van der Waals surface area contributed by atoms with E-state index < -0.39 is 10.0 Å². The molecular weight excluding hydrogens is 400 g/mol. The minimum Gasteiger partial charge on any atom is -0.493 e. The maximum absolute atomic E-state index is 12.9. The fourth-order valence-corrected chi connectivity index (χ4v) is 4.37. The van der Waals surface area contributed by atoms with E-state index in [1.165, 1.54) is 31.6 Å². The van der Waals surface area contributed by atoms with Crippen molar-refractivity contribution in [3.05, 3.63) is 33.6 Å². The van der Waals surface area contributed by atoms with Crippen LogP contribution in [0, 0.1) is 13.8 Å². The van der Waals surface area contributed by atoms with E-state index in [0.717, 1.165) is 5.56 Å². The van der Waals surface area contributed by atoms with Crippen LogP contribution >= 0.6 is 15.9 Å². The zero-order valence-electron chi connectivity index (χ0n) is 14.1. The highest BCUT2D eigenvalue weighted by Crippen LogP contribution is 2.36. The molecule has 1 aromatic heterocycles. The number of hydrogen-bond acceptors (Lipinski definition) is 6. The van der Waals surface area contributed by atoms with Gasteiger partial charge in [-0.25, -0.2) is 8.42 Å². The van der Waals surface area contributed by atoms with E-state index in [2.05, 4.69) is 21.1 Å². The van der Waals surface area contributed by atoms with E-state index in [4.69, 9.17) is 14.0 Å². The molecule has 0 N–H and O–H groups in total. The van der Waals surface area contributed by atoms with Gasteiger partial charge in [-0.05, 0) is 35.8 Å². The third-order valence-corrected chi connectivity index (χ3v) is 6.45. The van der Waals surface area contributed by atoms with Crippen LogP contribution in [0.25, 0.3) is 0 Å². The van der Waals surface area contributed by atoms with E-state index in [9.17, 15) is 8.42 Å². The Bertz CT molecular complexity index is 828. The Labute approximate surface area is 149 Å². The van der Waals surface area contributed by atoms with Gasteiger partial charge in [0.25, 0.3) is 0 Å². The lowest BCUT2D eigenvalue weighted by Crippen LogP contribution is -2.27. The Morgan fingerprint density at radius 1 is 1.21 bits per heavy atom. The summed E-state index contributed by atoms with van der Waals surface area (Å²) in [6.07, 6.45) is 0. The van der Waals surface area contributed by atoms with Gasteiger partial charge in [0, 0.05) is 29.7 Å². The van der Waals surface area contributed by atoms with E-state index in [-0.39, 0.29) is 11.4 Å². The van der Waals surface area contributed by atoms with Gasteiger partial charge < -0.3 is 14.0 Å². The molecule has 132 valence electrons. The highest BCUT2D eigenvalue weighted by Gasteiger charge is 2.27. The van der Waals surface area contributed by atoms with Crippen molar-refractivity contribution in [1.29, 1.82) is 0 Å². The van der Waals surface area contributed by atoms with Crippen LogP contribution in [0.2, 0.25) is 0 Å². The first-order valence-corrected chi connectivity index (χ1v) is 9.25. The topological polar surface area (TPSA) is 81.9 Å². The SMILES string of the molecule is COc1cc(Br)c(S(=O)(=O)N(C)Cc2c(C)noc2C)cc1OC. The molecule has 2 aromatic rings. The standard InChI is InChI=1S/C15H19BrN2O5S/c1-9-11(10(2)23-17-9)8-18(3)24(19,20)15-7-14(22-5)13(21-4)6-12(15)16/h6-7H,8H2,1-5H3. The molecule has 7 nitrogen and oxygen atoms in total. The summed E-state index contributed by atoms with van der Waals surface area (Å²) in [6, 6.07) is 3.00. The zero-order valence-corrected chi connectivity index (χ0v) is 16.5. The number of aromatic nitrogens is 1. The minimum atomic E-state index is -3.76. The third kappa shape index (κ3) is 3.42. The van der Waals surface area contributed by atoms with Crippen molar-refractivity contribution < 1.29 is 22.4 Å². The second-order valence-electron chi connectivity index (χ2n) is 5.20.